The van der Waals surface area contributed by atoms with Crippen LogP contribution < -0.4 is 10.6 Å². The topological polar surface area (TPSA) is 41.1 Å². The fourth-order valence-corrected chi connectivity index (χ4v) is 2.80. The summed E-state index contributed by atoms with van der Waals surface area (Å²) in [6.45, 7) is 4.18. The number of fused-ring (bicyclic) bond motifs is 1. The van der Waals surface area contributed by atoms with Crippen LogP contribution in [-0.4, -0.2) is 19.0 Å². The van der Waals surface area contributed by atoms with Crippen molar-refractivity contribution in [1.29, 1.82) is 0 Å². The van der Waals surface area contributed by atoms with E-state index in [0.717, 1.165) is 30.8 Å². The zero-order valence-electron chi connectivity index (χ0n) is 12.6. The van der Waals surface area contributed by atoms with Gasteiger partial charge in [-0.2, -0.15) is 0 Å². The van der Waals surface area contributed by atoms with E-state index >= 15 is 0 Å². The van der Waals surface area contributed by atoms with E-state index < -0.39 is 0 Å². The molecular weight excluding hydrogens is 296 g/mol. The molecule has 0 aromatic heterocycles. The number of rotatable bonds is 2. The highest BCUT2D eigenvalue weighted by atomic mass is 35.5. The van der Waals surface area contributed by atoms with Crippen molar-refractivity contribution < 1.29 is 4.79 Å². The summed E-state index contributed by atoms with van der Waals surface area (Å²) in [4.78, 5) is 12.4. The Bertz CT molecular complexity index is 643. The normalized spacial score (nSPS) is 16.9. The molecule has 1 aliphatic rings. The predicted octanol–water partition coefficient (Wildman–Crippen LogP) is 3.61. The molecule has 3 rings (SSSR count). The second-order valence-electron chi connectivity index (χ2n) is 5.59. The highest BCUT2D eigenvalue weighted by Crippen LogP contribution is 2.24. The third-order valence-corrected chi connectivity index (χ3v) is 3.99. The van der Waals surface area contributed by atoms with Gasteiger partial charge in [0.15, 0.2) is 0 Å². The molecule has 0 unspecified atom stereocenters. The van der Waals surface area contributed by atoms with Crippen LogP contribution in [0.15, 0.2) is 48.5 Å². The molecule has 116 valence electrons. The molecular formula is C18H21ClN2O. The minimum atomic E-state index is -0.0478. The number of carbonyl (C=O) groups is 1. The lowest BCUT2D eigenvalue weighted by Crippen LogP contribution is -2.18. The van der Waals surface area contributed by atoms with Crippen LogP contribution >= 0.6 is 12.4 Å². The summed E-state index contributed by atoms with van der Waals surface area (Å²) < 4.78 is 0. The molecule has 0 saturated heterocycles. The van der Waals surface area contributed by atoms with Crippen molar-refractivity contribution in [2.45, 2.75) is 19.3 Å². The Morgan fingerprint density at radius 2 is 1.95 bits per heavy atom. The van der Waals surface area contributed by atoms with Crippen LogP contribution in [0.4, 0.5) is 5.69 Å². The van der Waals surface area contributed by atoms with Crippen LogP contribution in [0.25, 0.3) is 0 Å². The van der Waals surface area contributed by atoms with Gasteiger partial charge in [0.25, 0.3) is 5.91 Å². The predicted molar refractivity (Wildman–Crippen MR) is 93.1 cm³/mol. The molecule has 2 aromatic rings. The number of benzene rings is 2. The Labute approximate surface area is 137 Å². The maximum atomic E-state index is 12.4. The summed E-state index contributed by atoms with van der Waals surface area (Å²) in [5, 5.41) is 6.37. The number of para-hydroxylation sites is 1. The van der Waals surface area contributed by atoms with E-state index in [9.17, 15) is 4.79 Å². The second-order valence-corrected chi connectivity index (χ2v) is 5.59. The van der Waals surface area contributed by atoms with E-state index in [1.54, 1.807) is 0 Å². The molecule has 0 radical (unpaired) electrons. The maximum Gasteiger partial charge on any atom is 0.255 e. The average molecular weight is 317 g/mol. The zero-order chi connectivity index (χ0) is 14.7. The highest BCUT2D eigenvalue weighted by molar-refractivity contribution is 6.04. The average Bonchev–Trinajstić information content (AvgIpc) is 2.70. The Morgan fingerprint density at radius 1 is 1.18 bits per heavy atom. The second kappa shape index (κ2) is 7.43. The maximum absolute atomic E-state index is 12.4. The molecule has 1 amide bonds. The van der Waals surface area contributed by atoms with E-state index in [-0.39, 0.29) is 18.3 Å². The van der Waals surface area contributed by atoms with Crippen molar-refractivity contribution in [2.75, 3.05) is 18.4 Å². The van der Waals surface area contributed by atoms with Crippen molar-refractivity contribution in [3.8, 4) is 0 Å². The Morgan fingerprint density at radius 3 is 2.73 bits per heavy atom. The van der Waals surface area contributed by atoms with Crippen LogP contribution in [0.5, 0.6) is 0 Å². The third kappa shape index (κ3) is 3.67. The summed E-state index contributed by atoms with van der Waals surface area (Å²) in [5.41, 5.74) is 4.20. The lowest BCUT2D eigenvalue weighted by Gasteiger charge is -2.14. The molecule has 4 heteroatoms. The molecule has 0 saturated carbocycles. The number of amides is 1. The quantitative estimate of drug-likeness (QED) is 0.888. The summed E-state index contributed by atoms with van der Waals surface area (Å²) in [5.74, 6) is 0.389. The van der Waals surface area contributed by atoms with Gasteiger partial charge in [-0.15, -0.1) is 12.4 Å². The van der Waals surface area contributed by atoms with Gasteiger partial charge in [-0.25, -0.2) is 0 Å². The van der Waals surface area contributed by atoms with Gasteiger partial charge in [0.05, 0.1) is 0 Å². The standard InChI is InChI=1S/C18H20N2O.ClH/c1-13-12-19-10-9-14-7-8-15(11-17(13)14)18(21)20-16-5-3-2-4-6-16;/h2-8,11,13,19H,9-10,12H2,1H3,(H,20,21);1H/t13-;/m1./s1. The van der Waals surface area contributed by atoms with Crippen LogP contribution in [0.1, 0.15) is 34.3 Å². The van der Waals surface area contributed by atoms with Crippen molar-refractivity contribution in [1.82, 2.24) is 5.32 Å². The molecule has 2 N–H and O–H groups in total. The molecule has 1 atom stereocenters. The van der Waals surface area contributed by atoms with E-state index in [2.05, 4.69) is 23.6 Å². The molecule has 3 nitrogen and oxygen atoms in total. The summed E-state index contributed by atoms with van der Waals surface area (Å²) in [6.07, 6.45) is 1.03. The molecule has 2 aromatic carbocycles. The zero-order valence-corrected chi connectivity index (χ0v) is 13.5. The van der Waals surface area contributed by atoms with Gasteiger partial charge in [0, 0.05) is 17.8 Å². The number of hydrogen-bond donors (Lipinski definition) is 2. The summed E-state index contributed by atoms with van der Waals surface area (Å²) in [7, 11) is 0. The van der Waals surface area contributed by atoms with Gasteiger partial charge in [0.2, 0.25) is 0 Å². The Hall–Kier alpha value is -1.84. The molecule has 0 aliphatic carbocycles. The summed E-state index contributed by atoms with van der Waals surface area (Å²) in [6, 6.07) is 15.6. The number of carbonyl (C=O) groups excluding carboxylic acids is 1. The fraction of sp³-hybridized carbons (Fsp3) is 0.278. The minimum absolute atomic E-state index is 0. The van der Waals surface area contributed by atoms with Crippen molar-refractivity contribution in [2.24, 2.45) is 0 Å². The molecule has 0 fully saturated rings. The number of anilines is 1. The first-order chi connectivity index (χ1) is 10.2. The van der Waals surface area contributed by atoms with E-state index in [1.165, 1.54) is 11.1 Å². The van der Waals surface area contributed by atoms with E-state index in [0.29, 0.717) is 5.92 Å². The van der Waals surface area contributed by atoms with Gasteiger partial charge in [-0.3, -0.25) is 4.79 Å². The first-order valence-electron chi connectivity index (χ1n) is 7.44. The number of halogens is 1. The Kier molecular flexibility index (Phi) is 5.58. The van der Waals surface area contributed by atoms with Gasteiger partial charge in [0.1, 0.15) is 0 Å². The Balaban J connectivity index is 0.00000176. The number of hydrogen-bond acceptors (Lipinski definition) is 2. The monoisotopic (exact) mass is 316 g/mol. The van der Waals surface area contributed by atoms with Crippen molar-refractivity contribution in [3.63, 3.8) is 0 Å². The molecule has 0 spiro atoms. The molecule has 1 heterocycles. The van der Waals surface area contributed by atoms with Gasteiger partial charge in [-0.1, -0.05) is 31.2 Å². The molecule has 0 bridgehead atoms. The first kappa shape index (κ1) is 16.5. The largest absolute Gasteiger partial charge is 0.322 e. The first-order valence-corrected chi connectivity index (χ1v) is 7.44. The molecule has 1 aliphatic heterocycles. The molecule has 22 heavy (non-hydrogen) atoms. The highest BCUT2D eigenvalue weighted by Gasteiger charge is 2.16. The summed E-state index contributed by atoms with van der Waals surface area (Å²) >= 11 is 0. The van der Waals surface area contributed by atoms with Crippen LogP contribution in [0.2, 0.25) is 0 Å². The lowest BCUT2D eigenvalue weighted by molar-refractivity contribution is 0.102. The van der Waals surface area contributed by atoms with Gasteiger partial charge in [-0.05, 0) is 54.3 Å². The third-order valence-electron chi connectivity index (χ3n) is 3.99. The van der Waals surface area contributed by atoms with Crippen LogP contribution in [-0.2, 0) is 6.42 Å². The smallest absolute Gasteiger partial charge is 0.255 e. The van der Waals surface area contributed by atoms with Crippen LogP contribution in [0, 0.1) is 0 Å². The van der Waals surface area contributed by atoms with E-state index in [4.69, 9.17) is 0 Å². The van der Waals surface area contributed by atoms with Crippen molar-refractivity contribution in [3.05, 3.63) is 65.2 Å². The van der Waals surface area contributed by atoms with Gasteiger partial charge >= 0.3 is 0 Å². The minimum Gasteiger partial charge on any atom is -0.322 e. The van der Waals surface area contributed by atoms with Crippen LogP contribution in [0.3, 0.4) is 0 Å². The van der Waals surface area contributed by atoms with E-state index in [1.807, 2.05) is 42.5 Å². The van der Waals surface area contributed by atoms with Crippen molar-refractivity contribution >= 4 is 24.0 Å². The number of nitrogens with one attached hydrogen (secondary N) is 2. The lowest BCUT2D eigenvalue weighted by atomic mass is 9.93. The van der Waals surface area contributed by atoms with Gasteiger partial charge < -0.3 is 10.6 Å². The fourth-order valence-electron chi connectivity index (χ4n) is 2.80. The SMILES string of the molecule is C[C@@H]1CNCCc2ccc(C(=O)Nc3ccccc3)cc21.Cl.